The van der Waals surface area contributed by atoms with Crippen LogP contribution in [0.3, 0.4) is 0 Å². The van der Waals surface area contributed by atoms with Crippen LogP contribution in [0.25, 0.3) is 0 Å². The molecule has 0 atom stereocenters. The van der Waals surface area contributed by atoms with Crippen LogP contribution in [-0.2, 0) is 6.54 Å². The molecule has 0 fully saturated rings. The van der Waals surface area contributed by atoms with Crippen molar-refractivity contribution in [2.24, 2.45) is 5.73 Å². The number of phenolic OH excluding ortho intramolecular Hbond substituents is 1. The highest BCUT2D eigenvalue weighted by atomic mass is 19.1. The van der Waals surface area contributed by atoms with Gasteiger partial charge in [-0.05, 0) is 6.07 Å². The van der Waals surface area contributed by atoms with Gasteiger partial charge in [0.2, 0.25) is 0 Å². The minimum Gasteiger partial charge on any atom is -0.505 e. The van der Waals surface area contributed by atoms with Gasteiger partial charge in [-0.1, -0.05) is 0 Å². The number of nitrogens with two attached hydrogens (primary N) is 1. The zero-order chi connectivity index (χ0) is 9.14. The number of phenols is 1. The molecule has 3 nitrogen and oxygen atoms in total. The van der Waals surface area contributed by atoms with Crippen LogP contribution in [0.5, 0.6) is 11.5 Å². The number of methoxy groups -OCH3 is 1. The Kier molecular flexibility index (Phi) is 2.50. The van der Waals surface area contributed by atoms with Crippen LogP contribution in [0.1, 0.15) is 5.56 Å². The largest absolute Gasteiger partial charge is 0.505 e. The van der Waals surface area contributed by atoms with Gasteiger partial charge in [0.15, 0.2) is 11.6 Å². The Morgan fingerprint density at radius 3 is 2.75 bits per heavy atom. The molecule has 66 valence electrons. The van der Waals surface area contributed by atoms with E-state index in [-0.39, 0.29) is 6.54 Å². The number of rotatable bonds is 2. The molecule has 0 bridgehead atoms. The van der Waals surface area contributed by atoms with E-state index in [4.69, 9.17) is 15.6 Å². The summed E-state index contributed by atoms with van der Waals surface area (Å²) in [4.78, 5) is 0. The molecule has 0 radical (unpaired) electrons. The van der Waals surface area contributed by atoms with E-state index < -0.39 is 11.6 Å². The Morgan fingerprint density at radius 1 is 1.58 bits per heavy atom. The minimum absolute atomic E-state index is 0.205. The summed E-state index contributed by atoms with van der Waals surface area (Å²) in [6, 6.07) is 2.37. The summed E-state index contributed by atoms with van der Waals surface area (Å²) in [5.74, 6) is -0.756. The molecule has 3 N–H and O–H groups in total. The van der Waals surface area contributed by atoms with E-state index in [2.05, 4.69) is 0 Å². The zero-order valence-corrected chi connectivity index (χ0v) is 6.67. The van der Waals surface area contributed by atoms with Gasteiger partial charge in [0.1, 0.15) is 5.75 Å². The third-order valence-electron chi connectivity index (χ3n) is 1.57. The monoisotopic (exact) mass is 171 g/mol. The van der Waals surface area contributed by atoms with Crippen LogP contribution in [0.2, 0.25) is 0 Å². The molecular formula is C8H10FNO2. The molecule has 0 saturated heterocycles. The van der Waals surface area contributed by atoms with Crippen LogP contribution in [-0.4, -0.2) is 12.2 Å². The zero-order valence-electron chi connectivity index (χ0n) is 6.67. The number of aromatic hydroxyl groups is 1. The molecule has 1 rings (SSSR count). The summed E-state index contributed by atoms with van der Waals surface area (Å²) < 4.78 is 17.6. The smallest absolute Gasteiger partial charge is 0.168 e. The van der Waals surface area contributed by atoms with Crippen molar-refractivity contribution < 1.29 is 14.2 Å². The predicted molar refractivity (Wildman–Crippen MR) is 42.5 cm³/mol. The fraction of sp³-hybridized carbons (Fsp3) is 0.250. The highest BCUT2D eigenvalue weighted by Gasteiger charge is 2.07. The maximum atomic E-state index is 12.7. The fourth-order valence-corrected chi connectivity index (χ4v) is 0.936. The molecule has 0 unspecified atom stereocenters. The van der Waals surface area contributed by atoms with Gasteiger partial charge in [-0.25, -0.2) is 4.39 Å². The number of ether oxygens (including phenoxy) is 1. The van der Waals surface area contributed by atoms with E-state index in [9.17, 15) is 4.39 Å². The Morgan fingerprint density at radius 2 is 2.25 bits per heavy atom. The minimum atomic E-state index is -0.705. The second kappa shape index (κ2) is 3.40. The Labute approximate surface area is 69.6 Å². The molecule has 0 heterocycles. The third-order valence-corrected chi connectivity index (χ3v) is 1.57. The average Bonchev–Trinajstić information content (AvgIpc) is 2.09. The van der Waals surface area contributed by atoms with Gasteiger partial charge in [0, 0.05) is 18.2 Å². The first-order valence-corrected chi connectivity index (χ1v) is 3.44. The summed E-state index contributed by atoms with van der Waals surface area (Å²) in [6.45, 7) is 0.205. The van der Waals surface area contributed by atoms with Crippen LogP contribution >= 0.6 is 0 Å². The van der Waals surface area contributed by atoms with Crippen molar-refractivity contribution in [3.05, 3.63) is 23.5 Å². The van der Waals surface area contributed by atoms with E-state index in [1.807, 2.05) is 0 Å². The number of hydrogen-bond donors (Lipinski definition) is 2. The number of halogens is 1. The lowest BCUT2D eigenvalue weighted by molar-refractivity contribution is 0.394. The maximum absolute atomic E-state index is 12.7. The standard InChI is InChI=1S/C8H10FNO2/c1-12-8-3-6(9)7(11)2-5(8)4-10/h2-3,11H,4,10H2,1H3. The molecule has 1 aromatic rings. The van der Waals surface area contributed by atoms with Crippen molar-refractivity contribution in [1.82, 2.24) is 0 Å². The fourth-order valence-electron chi connectivity index (χ4n) is 0.936. The normalized spacial score (nSPS) is 9.92. The van der Waals surface area contributed by atoms with E-state index in [1.165, 1.54) is 13.2 Å². The SMILES string of the molecule is COc1cc(F)c(O)cc1CN. The molecular weight excluding hydrogens is 161 g/mol. The van der Waals surface area contributed by atoms with Crippen molar-refractivity contribution in [3.8, 4) is 11.5 Å². The van der Waals surface area contributed by atoms with E-state index in [0.717, 1.165) is 6.07 Å². The number of benzene rings is 1. The quantitative estimate of drug-likeness (QED) is 0.697. The highest BCUT2D eigenvalue weighted by molar-refractivity contribution is 5.40. The summed E-state index contributed by atoms with van der Waals surface area (Å²) in [6.07, 6.45) is 0. The van der Waals surface area contributed by atoms with Gasteiger partial charge in [-0.3, -0.25) is 0 Å². The topological polar surface area (TPSA) is 55.5 Å². The second-order valence-corrected chi connectivity index (χ2v) is 2.32. The first kappa shape index (κ1) is 8.80. The molecule has 4 heteroatoms. The van der Waals surface area contributed by atoms with Crippen LogP contribution in [0.15, 0.2) is 12.1 Å². The summed E-state index contributed by atoms with van der Waals surface area (Å²) in [5, 5.41) is 8.97. The first-order chi connectivity index (χ1) is 5.69. The predicted octanol–water partition coefficient (Wildman–Crippen LogP) is 0.999. The lowest BCUT2D eigenvalue weighted by atomic mass is 10.2. The van der Waals surface area contributed by atoms with Gasteiger partial charge in [0.25, 0.3) is 0 Å². The number of hydrogen-bond acceptors (Lipinski definition) is 3. The van der Waals surface area contributed by atoms with Gasteiger partial charge in [-0.15, -0.1) is 0 Å². The van der Waals surface area contributed by atoms with E-state index >= 15 is 0 Å². The van der Waals surface area contributed by atoms with Gasteiger partial charge in [-0.2, -0.15) is 0 Å². The summed E-state index contributed by atoms with van der Waals surface area (Å²) in [5.41, 5.74) is 5.91. The van der Waals surface area contributed by atoms with Gasteiger partial charge < -0.3 is 15.6 Å². The molecule has 0 saturated carbocycles. The Balaban J connectivity index is 3.19. The molecule has 0 aliphatic heterocycles. The lowest BCUT2D eigenvalue weighted by Crippen LogP contribution is -2.00. The van der Waals surface area contributed by atoms with Crippen molar-refractivity contribution in [3.63, 3.8) is 0 Å². The molecule has 12 heavy (non-hydrogen) atoms. The van der Waals surface area contributed by atoms with Crippen molar-refractivity contribution in [2.45, 2.75) is 6.54 Å². The van der Waals surface area contributed by atoms with Crippen molar-refractivity contribution in [1.29, 1.82) is 0 Å². The highest BCUT2D eigenvalue weighted by Crippen LogP contribution is 2.25. The Bertz CT molecular complexity index is 260. The second-order valence-electron chi connectivity index (χ2n) is 2.32. The van der Waals surface area contributed by atoms with Gasteiger partial charge >= 0.3 is 0 Å². The summed E-state index contributed by atoms with van der Waals surface area (Å²) >= 11 is 0. The van der Waals surface area contributed by atoms with Crippen molar-refractivity contribution >= 4 is 0 Å². The molecule has 0 aliphatic carbocycles. The average molecular weight is 171 g/mol. The molecule has 0 aromatic heterocycles. The summed E-state index contributed by atoms with van der Waals surface area (Å²) in [7, 11) is 1.42. The lowest BCUT2D eigenvalue weighted by Gasteiger charge is -2.06. The first-order valence-electron chi connectivity index (χ1n) is 3.44. The van der Waals surface area contributed by atoms with Crippen LogP contribution < -0.4 is 10.5 Å². The third kappa shape index (κ3) is 1.48. The maximum Gasteiger partial charge on any atom is 0.168 e. The molecule has 1 aromatic carbocycles. The molecule has 0 amide bonds. The van der Waals surface area contributed by atoms with Gasteiger partial charge in [0.05, 0.1) is 7.11 Å². The molecule has 0 aliphatic rings. The Hall–Kier alpha value is -1.29. The van der Waals surface area contributed by atoms with E-state index in [1.54, 1.807) is 0 Å². The molecule has 0 spiro atoms. The van der Waals surface area contributed by atoms with Crippen LogP contribution in [0.4, 0.5) is 4.39 Å². The van der Waals surface area contributed by atoms with E-state index in [0.29, 0.717) is 11.3 Å². The van der Waals surface area contributed by atoms with Crippen LogP contribution in [0, 0.1) is 5.82 Å². The van der Waals surface area contributed by atoms with Crippen molar-refractivity contribution in [2.75, 3.05) is 7.11 Å².